The Bertz CT molecular complexity index is 324. The zero-order valence-electron chi connectivity index (χ0n) is 17.0. The third-order valence-corrected chi connectivity index (χ3v) is 4.72. The molecule has 0 aliphatic carbocycles. The molecule has 0 aromatic rings. The molecule has 0 aromatic heterocycles. The SMILES string of the molecule is CC(C)(S)CNCCCNCC(C)(S)CC(CN)NCCCNCCS. The van der Waals surface area contributed by atoms with Crippen LogP contribution >= 0.6 is 37.9 Å². The van der Waals surface area contributed by atoms with Gasteiger partial charge in [0.25, 0.3) is 0 Å². The molecular formula is C18H43N5S3. The van der Waals surface area contributed by atoms with Gasteiger partial charge in [-0.2, -0.15) is 37.9 Å². The van der Waals surface area contributed by atoms with Crippen LogP contribution in [0.4, 0.5) is 0 Å². The topological polar surface area (TPSA) is 74.1 Å². The van der Waals surface area contributed by atoms with Crippen LogP contribution in [0.1, 0.15) is 40.0 Å². The highest BCUT2D eigenvalue weighted by atomic mass is 32.1. The van der Waals surface area contributed by atoms with E-state index in [0.717, 1.165) is 70.8 Å². The molecule has 0 radical (unpaired) electrons. The molecule has 6 N–H and O–H groups in total. The van der Waals surface area contributed by atoms with Gasteiger partial charge in [0.2, 0.25) is 0 Å². The van der Waals surface area contributed by atoms with Crippen LogP contribution in [0.15, 0.2) is 0 Å². The third kappa shape index (κ3) is 18.2. The molecule has 0 aromatic carbocycles. The second-order valence-corrected chi connectivity index (χ2v) is 10.7. The number of hydrogen-bond acceptors (Lipinski definition) is 8. The van der Waals surface area contributed by atoms with Crippen LogP contribution in [-0.4, -0.2) is 73.6 Å². The van der Waals surface area contributed by atoms with E-state index in [1.165, 1.54) is 0 Å². The molecule has 0 fully saturated rings. The summed E-state index contributed by atoms with van der Waals surface area (Å²) in [6, 6.07) is 0.309. The van der Waals surface area contributed by atoms with Gasteiger partial charge in [-0.05, 0) is 66.2 Å². The predicted molar refractivity (Wildman–Crippen MR) is 128 cm³/mol. The summed E-state index contributed by atoms with van der Waals surface area (Å²) in [5.74, 6) is 0.882. The van der Waals surface area contributed by atoms with Crippen LogP contribution in [0, 0.1) is 0 Å². The maximum atomic E-state index is 5.93. The Kier molecular flexibility index (Phi) is 16.3. The summed E-state index contributed by atoms with van der Waals surface area (Å²) in [6.45, 7) is 13.8. The van der Waals surface area contributed by atoms with Gasteiger partial charge in [0, 0.05) is 47.5 Å². The van der Waals surface area contributed by atoms with Crippen molar-refractivity contribution in [2.24, 2.45) is 5.73 Å². The number of nitrogens with one attached hydrogen (secondary N) is 4. The number of nitrogens with two attached hydrogens (primary N) is 1. The van der Waals surface area contributed by atoms with Crippen LogP contribution in [0.2, 0.25) is 0 Å². The summed E-state index contributed by atoms with van der Waals surface area (Å²) in [5, 5.41) is 13.9. The van der Waals surface area contributed by atoms with E-state index in [-0.39, 0.29) is 9.49 Å². The fraction of sp³-hybridized carbons (Fsp3) is 1.00. The van der Waals surface area contributed by atoms with Crippen molar-refractivity contribution >= 4 is 37.9 Å². The van der Waals surface area contributed by atoms with Crippen molar-refractivity contribution in [3.05, 3.63) is 0 Å². The van der Waals surface area contributed by atoms with Gasteiger partial charge in [-0.3, -0.25) is 0 Å². The molecule has 0 aliphatic heterocycles. The zero-order valence-corrected chi connectivity index (χ0v) is 19.7. The largest absolute Gasteiger partial charge is 0.329 e. The average Bonchev–Trinajstić information content (AvgIpc) is 2.54. The van der Waals surface area contributed by atoms with E-state index in [1.54, 1.807) is 0 Å². The van der Waals surface area contributed by atoms with E-state index in [1.807, 2.05) is 0 Å². The highest BCUT2D eigenvalue weighted by molar-refractivity contribution is 7.82. The fourth-order valence-corrected chi connectivity index (χ4v) is 3.26. The number of rotatable bonds is 18. The smallest absolute Gasteiger partial charge is 0.0241 e. The molecule has 5 nitrogen and oxygen atoms in total. The highest BCUT2D eigenvalue weighted by Crippen LogP contribution is 2.19. The van der Waals surface area contributed by atoms with Gasteiger partial charge in [0.05, 0.1) is 0 Å². The normalized spacial score (nSPS) is 15.8. The molecule has 0 bridgehead atoms. The first-order chi connectivity index (χ1) is 12.2. The van der Waals surface area contributed by atoms with E-state index in [9.17, 15) is 0 Å². The standard InChI is InChI=1S/C18H43N5S3/c1-17(2,25)14-21-7-4-8-22-15-18(3,26)12-16(13-19)23-9-5-6-20-10-11-24/h16,20-26H,4-15,19H2,1-3H3. The van der Waals surface area contributed by atoms with Gasteiger partial charge < -0.3 is 27.0 Å². The molecule has 0 rings (SSSR count). The van der Waals surface area contributed by atoms with Crippen LogP contribution < -0.4 is 27.0 Å². The van der Waals surface area contributed by atoms with Crippen molar-refractivity contribution in [2.75, 3.05) is 58.1 Å². The van der Waals surface area contributed by atoms with Gasteiger partial charge in [-0.1, -0.05) is 0 Å². The monoisotopic (exact) mass is 425 g/mol. The minimum absolute atomic E-state index is 0.0456. The van der Waals surface area contributed by atoms with Crippen molar-refractivity contribution in [1.29, 1.82) is 0 Å². The van der Waals surface area contributed by atoms with Crippen molar-refractivity contribution in [3.8, 4) is 0 Å². The summed E-state index contributed by atoms with van der Waals surface area (Å²) >= 11 is 13.5. The highest BCUT2D eigenvalue weighted by Gasteiger charge is 2.23. The molecule has 0 saturated carbocycles. The fourth-order valence-electron chi connectivity index (χ4n) is 2.66. The van der Waals surface area contributed by atoms with E-state index in [2.05, 4.69) is 67.3 Å². The first kappa shape index (κ1) is 26.9. The van der Waals surface area contributed by atoms with Crippen molar-refractivity contribution < 1.29 is 0 Å². The van der Waals surface area contributed by atoms with Crippen LogP contribution in [0.3, 0.4) is 0 Å². The van der Waals surface area contributed by atoms with Gasteiger partial charge in [0.1, 0.15) is 0 Å². The van der Waals surface area contributed by atoms with E-state index in [4.69, 9.17) is 18.4 Å². The molecule has 0 heterocycles. The first-order valence-corrected chi connectivity index (χ1v) is 11.3. The second-order valence-electron chi connectivity index (χ2n) is 7.93. The van der Waals surface area contributed by atoms with Gasteiger partial charge in [0.15, 0.2) is 0 Å². The van der Waals surface area contributed by atoms with E-state index < -0.39 is 0 Å². The lowest BCUT2D eigenvalue weighted by atomic mass is 10.0. The van der Waals surface area contributed by atoms with Gasteiger partial charge >= 0.3 is 0 Å². The Balaban J connectivity index is 3.78. The average molecular weight is 426 g/mol. The molecule has 0 aliphatic rings. The predicted octanol–water partition coefficient (Wildman–Crippen LogP) is 1.17. The molecule has 2 unspecified atom stereocenters. The lowest BCUT2D eigenvalue weighted by Crippen LogP contribution is -2.45. The Morgan fingerprint density at radius 1 is 0.846 bits per heavy atom. The van der Waals surface area contributed by atoms with Crippen LogP contribution in [0.25, 0.3) is 0 Å². The third-order valence-electron chi connectivity index (χ3n) is 3.99. The number of thiol groups is 3. The summed E-state index contributed by atoms with van der Waals surface area (Å²) in [7, 11) is 0. The molecular weight excluding hydrogens is 382 g/mol. The molecule has 158 valence electrons. The Hall–Kier alpha value is 0.850. The van der Waals surface area contributed by atoms with Crippen molar-refractivity contribution in [3.63, 3.8) is 0 Å². The van der Waals surface area contributed by atoms with Gasteiger partial charge in [-0.15, -0.1) is 0 Å². The zero-order chi connectivity index (χ0) is 19.9. The Morgan fingerprint density at radius 3 is 2.00 bits per heavy atom. The minimum Gasteiger partial charge on any atom is -0.329 e. The summed E-state index contributed by atoms with van der Waals surface area (Å²) < 4.78 is -0.0220. The Labute approximate surface area is 178 Å². The molecule has 0 amide bonds. The molecule has 0 spiro atoms. The quantitative estimate of drug-likeness (QED) is 0.125. The first-order valence-electron chi connectivity index (χ1n) is 9.81. The van der Waals surface area contributed by atoms with Gasteiger partial charge in [-0.25, -0.2) is 0 Å². The van der Waals surface area contributed by atoms with Crippen LogP contribution in [0.5, 0.6) is 0 Å². The molecule has 26 heavy (non-hydrogen) atoms. The lowest BCUT2D eigenvalue weighted by molar-refractivity contribution is 0.413. The maximum absolute atomic E-state index is 5.93. The van der Waals surface area contributed by atoms with Crippen molar-refractivity contribution in [1.82, 2.24) is 21.3 Å². The molecule has 8 heteroatoms. The molecule has 2 atom stereocenters. The van der Waals surface area contributed by atoms with Crippen molar-refractivity contribution in [2.45, 2.75) is 55.6 Å². The van der Waals surface area contributed by atoms with E-state index >= 15 is 0 Å². The summed E-state index contributed by atoms with van der Waals surface area (Å²) in [5.41, 5.74) is 5.93. The van der Waals surface area contributed by atoms with E-state index in [0.29, 0.717) is 12.6 Å². The summed E-state index contributed by atoms with van der Waals surface area (Å²) in [4.78, 5) is 0. The number of hydrogen-bond donors (Lipinski definition) is 8. The summed E-state index contributed by atoms with van der Waals surface area (Å²) in [6.07, 6.45) is 3.16. The maximum Gasteiger partial charge on any atom is 0.0241 e. The molecule has 0 saturated heterocycles. The minimum atomic E-state index is -0.0676. The van der Waals surface area contributed by atoms with Crippen LogP contribution in [-0.2, 0) is 0 Å². The Morgan fingerprint density at radius 2 is 1.42 bits per heavy atom. The lowest BCUT2D eigenvalue weighted by Gasteiger charge is -2.29. The second kappa shape index (κ2) is 15.7.